The third kappa shape index (κ3) is 8.07. The average molecular weight is 499 g/mol. The zero-order valence-electron chi connectivity index (χ0n) is 20.2. The van der Waals surface area contributed by atoms with E-state index in [1.54, 1.807) is 35.3 Å². The lowest BCUT2D eigenvalue weighted by atomic mass is 9.90. The van der Waals surface area contributed by atoms with Crippen LogP contribution in [0.4, 0.5) is 0 Å². The summed E-state index contributed by atoms with van der Waals surface area (Å²) in [5.74, 6) is 1.24. The normalized spacial score (nSPS) is 18.6. The molecule has 35 heavy (non-hydrogen) atoms. The average Bonchev–Trinajstić information content (AvgIpc) is 2.89. The van der Waals surface area contributed by atoms with Gasteiger partial charge in [0.05, 0.1) is 13.2 Å². The number of amides is 1. The molecule has 0 saturated carbocycles. The predicted octanol–water partition coefficient (Wildman–Crippen LogP) is 3.91. The lowest BCUT2D eigenvalue weighted by Crippen LogP contribution is -2.41. The Bertz CT molecular complexity index is 970. The molecule has 6 nitrogen and oxygen atoms in total. The van der Waals surface area contributed by atoms with Crippen molar-refractivity contribution in [1.29, 1.82) is 0 Å². The number of benzene rings is 2. The van der Waals surface area contributed by atoms with Gasteiger partial charge in [-0.15, -0.1) is 0 Å². The van der Waals surface area contributed by atoms with Gasteiger partial charge in [0.25, 0.3) is 0 Å². The van der Waals surface area contributed by atoms with E-state index >= 15 is 0 Å². The predicted molar refractivity (Wildman–Crippen MR) is 139 cm³/mol. The molecule has 1 unspecified atom stereocenters. The molecule has 1 amide bonds. The first-order valence-electron chi connectivity index (χ1n) is 12.5. The molecule has 2 aliphatic rings. The van der Waals surface area contributed by atoms with Gasteiger partial charge in [-0.2, -0.15) is 0 Å². The van der Waals surface area contributed by atoms with Crippen molar-refractivity contribution in [2.24, 2.45) is 5.92 Å². The van der Waals surface area contributed by atoms with Gasteiger partial charge in [-0.1, -0.05) is 41.9 Å². The maximum absolute atomic E-state index is 12.4. The van der Waals surface area contributed by atoms with Crippen molar-refractivity contribution in [1.82, 2.24) is 9.80 Å². The highest BCUT2D eigenvalue weighted by atomic mass is 35.5. The molecule has 7 heteroatoms. The summed E-state index contributed by atoms with van der Waals surface area (Å²) >= 11 is 6.18. The summed E-state index contributed by atoms with van der Waals surface area (Å²) < 4.78 is 11.2. The van der Waals surface area contributed by atoms with Crippen molar-refractivity contribution < 1.29 is 19.4 Å². The largest absolute Gasteiger partial charge is 0.490 e. The Hall–Kier alpha value is -2.38. The topological polar surface area (TPSA) is 62.2 Å². The third-order valence-electron chi connectivity index (χ3n) is 6.67. The lowest BCUT2D eigenvalue weighted by molar-refractivity contribution is -0.129. The number of β-amino-alcohol motifs (C(OH)–C–C–N with tert-alkyl or cyclic N) is 1. The maximum atomic E-state index is 12.4. The molecule has 2 fully saturated rings. The van der Waals surface area contributed by atoms with E-state index in [0.717, 1.165) is 32.4 Å². The first-order valence-corrected chi connectivity index (χ1v) is 12.9. The summed E-state index contributed by atoms with van der Waals surface area (Å²) in [5.41, 5.74) is 2.12. The third-order valence-corrected chi connectivity index (χ3v) is 6.91. The Labute approximate surface area is 213 Å². The molecule has 2 aliphatic heterocycles. The smallest absolute Gasteiger partial charge is 0.246 e. The fourth-order valence-corrected chi connectivity index (χ4v) is 4.87. The second-order valence-corrected chi connectivity index (χ2v) is 9.79. The minimum atomic E-state index is -0.594. The highest BCUT2D eigenvalue weighted by molar-refractivity contribution is 6.30. The summed E-state index contributed by atoms with van der Waals surface area (Å²) in [6.45, 7) is 5.08. The number of ether oxygens (including phenoxy) is 2. The van der Waals surface area contributed by atoms with Crippen LogP contribution in [0, 0.1) is 5.92 Å². The fourth-order valence-electron chi connectivity index (χ4n) is 4.69. The van der Waals surface area contributed by atoms with Crippen molar-refractivity contribution in [2.45, 2.75) is 25.4 Å². The number of halogens is 1. The minimum Gasteiger partial charge on any atom is -0.490 e. The van der Waals surface area contributed by atoms with Crippen LogP contribution >= 0.6 is 11.6 Å². The number of nitrogens with zero attached hydrogens (tertiary/aromatic N) is 2. The first kappa shape index (κ1) is 25.7. The van der Waals surface area contributed by atoms with Crippen LogP contribution < -0.4 is 4.74 Å². The maximum Gasteiger partial charge on any atom is 0.246 e. The standard InChI is InChI=1S/C28H35ClN2O4/c29-25-7-8-27(24(19-25)6-9-28(33)31-14-16-34-17-15-31)35-21-26(32)20-30-12-10-23(11-13-30)18-22-4-2-1-3-5-22/h1-9,19,23,26,32H,10-18,20-21H2. The Morgan fingerprint density at radius 2 is 1.86 bits per heavy atom. The molecule has 2 heterocycles. The zero-order valence-corrected chi connectivity index (χ0v) is 20.9. The van der Waals surface area contributed by atoms with E-state index in [1.165, 1.54) is 5.56 Å². The summed E-state index contributed by atoms with van der Waals surface area (Å²) in [7, 11) is 0. The molecule has 2 aromatic rings. The van der Waals surface area contributed by atoms with Crippen LogP contribution in [-0.4, -0.2) is 79.5 Å². The second-order valence-electron chi connectivity index (χ2n) is 9.35. The van der Waals surface area contributed by atoms with Gasteiger partial charge in [0, 0.05) is 36.3 Å². The number of hydrogen-bond acceptors (Lipinski definition) is 5. The number of carbonyl (C=O) groups excluding carboxylic acids is 1. The van der Waals surface area contributed by atoms with Crippen molar-refractivity contribution in [3.05, 3.63) is 70.8 Å². The van der Waals surface area contributed by atoms with Crippen molar-refractivity contribution in [2.75, 3.05) is 52.5 Å². The van der Waals surface area contributed by atoms with Gasteiger partial charge in [0.1, 0.15) is 18.5 Å². The van der Waals surface area contributed by atoms with Gasteiger partial charge >= 0.3 is 0 Å². The number of rotatable bonds is 9. The molecule has 0 bridgehead atoms. The molecule has 1 N–H and O–H groups in total. The molecule has 0 spiro atoms. The van der Waals surface area contributed by atoms with Crippen molar-refractivity contribution >= 4 is 23.6 Å². The van der Waals surface area contributed by atoms with E-state index in [9.17, 15) is 9.90 Å². The second kappa shape index (κ2) is 13.1. The first-order chi connectivity index (χ1) is 17.1. The van der Waals surface area contributed by atoms with Gasteiger partial charge in [-0.3, -0.25) is 4.79 Å². The number of aliphatic hydroxyl groups is 1. The van der Waals surface area contributed by atoms with Gasteiger partial charge in [0.2, 0.25) is 5.91 Å². The fraction of sp³-hybridized carbons (Fsp3) is 0.464. The Kier molecular flexibility index (Phi) is 9.60. The summed E-state index contributed by atoms with van der Waals surface area (Å²) in [6, 6.07) is 16.0. The SMILES string of the molecule is O=C(C=Cc1cc(Cl)ccc1OCC(O)CN1CCC(Cc2ccccc2)CC1)N1CCOCC1. The van der Waals surface area contributed by atoms with Gasteiger partial charge in [-0.25, -0.2) is 0 Å². The van der Waals surface area contributed by atoms with Crippen LogP contribution in [0.1, 0.15) is 24.0 Å². The number of piperidine rings is 1. The van der Waals surface area contributed by atoms with E-state index in [1.807, 2.05) is 0 Å². The number of aliphatic hydroxyl groups excluding tert-OH is 1. The summed E-state index contributed by atoms with van der Waals surface area (Å²) in [4.78, 5) is 16.5. The zero-order chi connectivity index (χ0) is 24.5. The molecule has 188 valence electrons. The Morgan fingerprint density at radius 3 is 2.60 bits per heavy atom. The monoisotopic (exact) mass is 498 g/mol. The van der Waals surface area contributed by atoms with E-state index < -0.39 is 6.10 Å². The van der Waals surface area contributed by atoms with Crippen LogP contribution in [0.15, 0.2) is 54.6 Å². The lowest BCUT2D eigenvalue weighted by Gasteiger charge is -2.33. The molecule has 2 saturated heterocycles. The van der Waals surface area contributed by atoms with Crippen LogP contribution in [0.5, 0.6) is 5.75 Å². The van der Waals surface area contributed by atoms with Crippen molar-refractivity contribution in [3.63, 3.8) is 0 Å². The molecule has 1 atom stereocenters. The quantitative estimate of drug-likeness (QED) is 0.531. The van der Waals surface area contributed by atoms with Gasteiger partial charge in [-0.05, 0) is 68.1 Å². The molecular weight excluding hydrogens is 464 g/mol. The Balaban J connectivity index is 1.24. The van der Waals surface area contributed by atoms with E-state index in [2.05, 4.69) is 35.2 Å². The molecule has 2 aromatic carbocycles. The Morgan fingerprint density at radius 1 is 1.11 bits per heavy atom. The number of likely N-dealkylation sites (tertiary alicyclic amines) is 1. The van der Waals surface area contributed by atoms with E-state index in [4.69, 9.17) is 21.1 Å². The molecule has 4 rings (SSSR count). The van der Waals surface area contributed by atoms with Crippen molar-refractivity contribution in [3.8, 4) is 5.75 Å². The molecular formula is C28H35ClN2O4. The molecule has 0 aliphatic carbocycles. The van der Waals surface area contributed by atoms with Crippen LogP contribution in [-0.2, 0) is 16.0 Å². The number of morpholine rings is 1. The molecule has 0 radical (unpaired) electrons. The minimum absolute atomic E-state index is 0.0603. The highest BCUT2D eigenvalue weighted by Crippen LogP contribution is 2.25. The highest BCUT2D eigenvalue weighted by Gasteiger charge is 2.22. The summed E-state index contributed by atoms with van der Waals surface area (Å²) in [5, 5.41) is 11.2. The van der Waals surface area contributed by atoms with Crippen LogP contribution in [0.2, 0.25) is 5.02 Å². The number of carbonyl (C=O) groups is 1. The van der Waals surface area contributed by atoms with Gasteiger partial charge < -0.3 is 24.4 Å². The van der Waals surface area contributed by atoms with Crippen LogP contribution in [0.3, 0.4) is 0 Å². The number of hydrogen-bond donors (Lipinski definition) is 1. The van der Waals surface area contributed by atoms with E-state index in [-0.39, 0.29) is 12.5 Å². The van der Waals surface area contributed by atoms with E-state index in [0.29, 0.717) is 55.1 Å². The van der Waals surface area contributed by atoms with Crippen LogP contribution in [0.25, 0.3) is 6.08 Å². The summed E-state index contributed by atoms with van der Waals surface area (Å²) in [6.07, 6.45) is 6.09. The van der Waals surface area contributed by atoms with Gasteiger partial charge in [0.15, 0.2) is 0 Å². The molecule has 0 aromatic heterocycles.